The molecular formula is C14H33O7PSi. The summed E-state index contributed by atoms with van der Waals surface area (Å²) in [5, 5.41) is 0. The first kappa shape index (κ1) is 23.2. The smallest absolute Gasteiger partial charge is 0.351 e. The molecule has 1 unspecified atom stereocenters. The summed E-state index contributed by atoms with van der Waals surface area (Å²) in [4.78, 5) is 0. The van der Waals surface area contributed by atoms with Crippen molar-refractivity contribution in [2.24, 2.45) is 0 Å². The average molecular weight is 372 g/mol. The molecule has 0 radical (unpaired) electrons. The van der Waals surface area contributed by atoms with Crippen LogP contribution in [0.25, 0.3) is 0 Å². The molecule has 0 aliphatic heterocycles. The van der Waals surface area contributed by atoms with Gasteiger partial charge in [0.2, 0.25) is 0 Å². The molecule has 0 spiro atoms. The summed E-state index contributed by atoms with van der Waals surface area (Å²) in [6.45, 7) is 12.7. The lowest BCUT2D eigenvalue weighted by Crippen LogP contribution is -2.51. The fourth-order valence-electron chi connectivity index (χ4n) is 2.02. The van der Waals surface area contributed by atoms with Gasteiger partial charge in [-0.15, -0.1) is 0 Å². The monoisotopic (exact) mass is 372 g/mol. The molecule has 0 fully saturated rings. The van der Waals surface area contributed by atoms with Crippen LogP contribution in [0.3, 0.4) is 0 Å². The highest BCUT2D eigenvalue weighted by Crippen LogP contribution is 2.55. The fraction of sp³-hybridized carbons (Fsp3) is 1.00. The summed E-state index contributed by atoms with van der Waals surface area (Å²) < 4.78 is 47.0. The van der Waals surface area contributed by atoms with Gasteiger partial charge in [-0.2, -0.15) is 0 Å². The number of hydrogen-bond acceptors (Lipinski definition) is 7. The van der Waals surface area contributed by atoms with E-state index in [1.165, 1.54) is 0 Å². The molecule has 0 saturated heterocycles. The Bertz CT molecular complexity index is 316. The topological polar surface area (TPSA) is 72.5 Å². The van der Waals surface area contributed by atoms with Gasteiger partial charge in [0.25, 0.3) is 0 Å². The van der Waals surface area contributed by atoms with Crippen molar-refractivity contribution in [1.29, 1.82) is 0 Å². The lowest BCUT2D eigenvalue weighted by atomic mass is 10.4. The van der Waals surface area contributed by atoms with Crippen molar-refractivity contribution in [2.45, 2.75) is 60.2 Å². The second-order valence-corrected chi connectivity index (χ2v) is 8.81. The van der Waals surface area contributed by atoms with Gasteiger partial charge in [0.05, 0.1) is 13.2 Å². The second kappa shape index (κ2) is 12.6. The zero-order chi connectivity index (χ0) is 17.8. The van der Waals surface area contributed by atoms with Crippen molar-refractivity contribution in [2.75, 3.05) is 33.0 Å². The van der Waals surface area contributed by atoms with Gasteiger partial charge in [-0.25, -0.2) is 0 Å². The molecule has 140 valence electrons. The van der Waals surface area contributed by atoms with Crippen LogP contribution in [-0.2, 0) is 31.3 Å². The molecule has 0 aromatic heterocycles. The Morgan fingerprint density at radius 1 is 0.783 bits per heavy atom. The highest BCUT2D eigenvalue weighted by Gasteiger charge is 2.51. The van der Waals surface area contributed by atoms with E-state index in [0.717, 1.165) is 6.42 Å². The van der Waals surface area contributed by atoms with E-state index >= 15 is 0 Å². The highest BCUT2D eigenvalue weighted by molar-refractivity contribution is 7.54. The Labute approximate surface area is 142 Å². The summed E-state index contributed by atoms with van der Waals surface area (Å²) >= 11 is 0. The van der Waals surface area contributed by atoms with E-state index in [-0.39, 0.29) is 13.2 Å². The molecule has 0 aliphatic carbocycles. The summed E-state index contributed by atoms with van der Waals surface area (Å²) in [7, 11) is -6.84. The summed E-state index contributed by atoms with van der Waals surface area (Å²) in [6.07, 6.45) is 1.25. The van der Waals surface area contributed by atoms with Crippen molar-refractivity contribution in [3.05, 3.63) is 0 Å². The lowest BCUT2D eigenvalue weighted by Gasteiger charge is -2.33. The lowest BCUT2D eigenvalue weighted by molar-refractivity contribution is -0.0421. The van der Waals surface area contributed by atoms with Gasteiger partial charge in [-0.05, 0) is 41.0 Å². The predicted molar refractivity (Wildman–Crippen MR) is 91.3 cm³/mol. The third-order valence-electron chi connectivity index (χ3n) is 2.75. The molecule has 0 heterocycles. The van der Waals surface area contributed by atoms with E-state index in [1.54, 1.807) is 13.8 Å². The Balaban J connectivity index is 5.47. The maximum Gasteiger partial charge on any atom is 0.680 e. The molecular weight excluding hydrogens is 339 g/mol. The van der Waals surface area contributed by atoms with Crippen LogP contribution in [0, 0.1) is 0 Å². The van der Waals surface area contributed by atoms with Crippen LogP contribution in [-0.4, -0.2) is 47.9 Å². The molecule has 0 aromatic carbocycles. The van der Waals surface area contributed by atoms with E-state index in [4.69, 9.17) is 26.8 Å². The normalized spacial score (nSPS) is 14.2. The van der Waals surface area contributed by atoms with Gasteiger partial charge in [-0.3, -0.25) is 4.57 Å². The third-order valence-corrected chi connectivity index (χ3v) is 7.75. The van der Waals surface area contributed by atoms with Gasteiger partial charge >= 0.3 is 16.6 Å². The Morgan fingerprint density at radius 2 is 1.22 bits per heavy atom. The summed E-state index contributed by atoms with van der Waals surface area (Å²) in [6, 6.07) is 0. The Hall–Kier alpha value is 0.207. The van der Waals surface area contributed by atoms with E-state index in [2.05, 4.69) is 0 Å². The van der Waals surface area contributed by atoms with Crippen molar-refractivity contribution in [3.63, 3.8) is 0 Å². The number of rotatable bonds is 15. The van der Waals surface area contributed by atoms with Gasteiger partial charge in [0.15, 0.2) is 5.85 Å². The predicted octanol–water partition coefficient (Wildman–Crippen LogP) is 3.94. The van der Waals surface area contributed by atoms with Crippen LogP contribution in [0.1, 0.15) is 54.4 Å². The molecule has 0 aromatic rings. The molecule has 0 rings (SSSR count). The minimum absolute atomic E-state index is 0.271. The molecule has 23 heavy (non-hydrogen) atoms. The standard InChI is InChI=1S/C14H33O7PSi/c1-7-13-14(22(15,16-8-2)17-9-3)21-23(18-10-4,19-11-5)20-12-6/h14H,7-13H2,1-6H3. The second-order valence-electron chi connectivity index (χ2n) is 4.54. The van der Waals surface area contributed by atoms with Gasteiger partial charge in [0.1, 0.15) is 0 Å². The molecule has 0 bridgehead atoms. The third kappa shape index (κ3) is 7.75. The minimum Gasteiger partial charge on any atom is -0.351 e. The van der Waals surface area contributed by atoms with Crippen molar-refractivity contribution < 1.29 is 31.3 Å². The van der Waals surface area contributed by atoms with E-state index in [9.17, 15) is 4.57 Å². The molecule has 0 N–H and O–H groups in total. The zero-order valence-electron chi connectivity index (χ0n) is 15.3. The van der Waals surface area contributed by atoms with E-state index < -0.39 is 22.5 Å². The minimum atomic E-state index is -3.44. The van der Waals surface area contributed by atoms with Gasteiger partial charge < -0.3 is 26.8 Å². The van der Waals surface area contributed by atoms with Gasteiger partial charge in [-0.1, -0.05) is 13.3 Å². The SMILES string of the molecule is CCCC(O[Si](OCC)(OCC)OCC)P(=O)(OCC)OCC. The van der Waals surface area contributed by atoms with Crippen LogP contribution < -0.4 is 0 Å². The molecule has 0 saturated carbocycles. The largest absolute Gasteiger partial charge is 0.680 e. The van der Waals surface area contributed by atoms with E-state index in [0.29, 0.717) is 26.2 Å². The Morgan fingerprint density at radius 3 is 1.52 bits per heavy atom. The first-order valence-corrected chi connectivity index (χ1v) is 11.7. The molecule has 0 amide bonds. The first-order chi connectivity index (χ1) is 11.0. The van der Waals surface area contributed by atoms with Crippen LogP contribution >= 0.6 is 7.60 Å². The van der Waals surface area contributed by atoms with Crippen LogP contribution in [0.2, 0.25) is 0 Å². The fourth-order valence-corrected chi connectivity index (χ4v) is 6.59. The average Bonchev–Trinajstić information content (AvgIpc) is 2.48. The number of hydrogen-bond donors (Lipinski definition) is 0. The summed E-state index contributed by atoms with van der Waals surface area (Å²) in [5.74, 6) is -0.774. The van der Waals surface area contributed by atoms with Crippen molar-refractivity contribution >= 4 is 16.6 Å². The quantitative estimate of drug-likeness (QED) is 0.318. The molecule has 7 nitrogen and oxygen atoms in total. The zero-order valence-corrected chi connectivity index (χ0v) is 17.2. The first-order valence-electron chi connectivity index (χ1n) is 8.45. The molecule has 0 aliphatic rings. The Kier molecular flexibility index (Phi) is 12.7. The van der Waals surface area contributed by atoms with Crippen LogP contribution in [0.15, 0.2) is 0 Å². The van der Waals surface area contributed by atoms with Gasteiger partial charge in [0, 0.05) is 19.8 Å². The molecule has 1 atom stereocenters. The maximum atomic E-state index is 13.1. The summed E-state index contributed by atoms with van der Waals surface area (Å²) in [5.41, 5.74) is 0. The van der Waals surface area contributed by atoms with Crippen LogP contribution in [0.5, 0.6) is 0 Å². The molecule has 9 heteroatoms. The highest BCUT2D eigenvalue weighted by atomic mass is 31.2. The van der Waals surface area contributed by atoms with E-state index in [1.807, 2.05) is 27.7 Å². The maximum absolute atomic E-state index is 13.1. The van der Waals surface area contributed by atoms with Crippen molar-refractivity contribution in [3.8, 4) is 0 Å². The van der Waals surface area contributed by atoms with Crippen LogP contribution in [0.4, 0.5) is 0 Å². The van der Waals surface area contributed by atoms with Crippen molar-refractivity contribution in [1.82, 2.24) is 0 Å².